The lowest BCUT2D eigenvalue weighted by Gasteiger charge is -2.36. The van der Waals surface area contributed by atoms with Crippen LogP contribution in [0.15, 0.2) is 73.1 Å². The van der Waals surface area contributed by atoms with Crippen LogP contribution in [0.4, 0.5) is 5.82 Å². The molecule has 0 spiro atoms. The van der Waals surface area contributed by atoms with E-state index in [-0.39, 0.29) is 11.8 Å². The molecule has 0 aliphatic carbocycles. The predicted molar refractivity (Wildman–Crippen MR) is 130 cm³/mol. The Labute approximate surface area is 192 Å². The summed E-state index contributed by atoms with van der Waals surface area (Å²) >= 11 is 1.70. The van der Waals surface area contributed by atoms with Crippen molar-refractivity contribution < 1.29 is 4.79 Å². The second-order valence-electron chi connectivity index (χ2n) is 8.22. The molecule has 1 fully saturated rings. The first-order chi connectivity index (χ1) is 15.7. The number of aromatic nitrogens is 2. The summed E-state index contributed by atoms with van der Waals surface area (Å²) in [6.45, 7) is 5.10. The largest absolute Gasteiger partial charge is 0.352 e. The number of thiophene rings is 1. The Morgan fingerprint density at radius 2 is 1.56 bits per heavy atom. The van der Waals surface area contributed by atoms with Crippen molar-refractivity contribution in [3.05, 3.63) is 89.1 Å². The maximum absolute atomic E-state index is 13.3. The van der Waals surface area contributed by atoms with Crippen LogP contribution >= 0.6 is 11.3 Å². The van der Waals surface area contributed by atoms with E-state index in [0.717, 1.165) is 29.1 Å². The number of benzene rings is 2. The van der Waals surface area contributed by atoms with Gasteiger partial charge in [0.05, 0.1) is 5.39 Å². The van der Waals surface area contributed by atoms with E-state index in [9.17, 15) is 4.79 Å². The van der Waals surface area contributed by atoms with E-state index in [1.165, 1.54) is 16.0 Å². The molecule has 0 unspecified atom stereocenters. The van der Waals surface area contributed by atoms with Crippen LogP contribution in [0.3, 0.4) is 0 Å². The van der Waals surface area contributed by atoms with Gasteiger partial charge in [0.15, 0.2) is 0 Å². The van der Waals surface area contributed by atoms with Gasteiger partial charge in [0, 0.05) is 43.4 Å². The topological polar surface area (TPSA) is 49.3 Å². The number of carbonyl (C=O) groups excluding carboxylic acids is 1. The molecule has 32 heavy (non-hydrogen) atoms. The Hall–Kier alpha value is -3.25. The second kappa shape index (κ2) is 9.09. The molecule has 5 rings (SSSR count). The molecule has 1 amide bonds. The molecule has 5 nitrogen and oxygen atoms in total. The van der Waals surface area contributed by atoms with Crippen molar-refractivity contribution in [3.8, 4) is 0 Å². The zero-order valence-electron chi connectivity index (χ0n) is 18.1. The van der Waals surface area contributed by atoms with Crippen LogP contribution in [0.1, 0.15) is 28.3 Å². The molecule has 1 saturated heterocycles. The molecule has 1 aliphatic rings. The molecule has 0 saturated carbocycles. The molecule has 0 radical (unpaired) electrons. The van der Waals surface area contributed by atoms with E-state index in [2.05, 4.69) is 52.1 Å². The normalized spacial score (nSPS) is 14.3. The lowest BCUT2D eigenvalue weighted by Crippen LogP contribution is -2.49. The molecule has 3 heterocycles. The minimum absolute atomic E-state index is 0.0678. The fraction of sp³-hybridized carbons (Fsp3) is 0.269. The standard InChI is InChI=1S/C26H26N4OS/c1-19-16-23-25(27-18-28-26(23)32-19)30-14-12-29(13-15-30)24(31)17-22(20-8-4-2-5-9-20)21-10-6-3-7-11-21/h2-11,16,18,22H,12-15,17H2,1H3. The highest BCUT2D eigenvalue weighted by molar-refractivity contribution is 7.18. The average molecular weight is 443 g/mol. The van der Waals surface area contributed by atoms with Crippen molar-refractivity contribution in [2.45, 2.75) is 19.3 Å². The maximum atomic E-state index is 13.3. The second-order valence-corrected chi connectivity index (χ2v) is 9.45. The highest BCUT2D eigenvalue weighted by atomic mass is 32.1. The van der Waals surface area contributed by atoms with E-state index in [0.29, 0.717) is 19.5 Å². The van der Waals surface area contributed by atoms with E-state index < -0.39 is 0 Å². The van der Waals surface area contributed by atoms with Gasteiger partial charge in [-0.2, -0.15) is 0 Å². The fourth-order valence-corrected chi connectivity index (χ4v) is 5.33. The molecule has 2 aromatic carbocycles. The Morgan fingerprint density at radius 1 is 0.938 bits per heavy atom. The van der Waals surface area contributed by atoms with Gasteiger partial charge < -0.3 is 9.80 Å². The summed E-state index contributed by atoms with van der Waals surface area (Å²) in [6, 6.07) is 22.9. The first-order valence-corrected chi connectivity index (χ1v) is 11.8. The van der Waals surface area contributed by atoms with Crippen LogP contribution < -0.4 is 4.90 Å². The van der Waals surface area contributed by atoms with Crippen molar-refractivity contribution in [1.29, 1.82) is 0 Å². The van der Waals surface area contributed by atoms with Gasteiger partial charge in [0.2, 0.25) is 5.91 Å². The van der Waals surface area contributed by atoms with Crippen molar-refractivity contribution in [2.75, 3.05) is 31.1 Å². The predicted octanol–water partition coefficient (Wildman–Crippen LogP) is 4.87. The molecule has 0 atom stereocenters. The van der Waals surface area contributed by atoms with E-state index in [4.69, 9.17) is 0 Å². The summed E-state index contributed by atoms with van der Waals surface area (Å²) in [7, 11) is 0. The quantitative estimate of drug-likeness (QED) is 0.442. The van der Waals surface area contributed by atoms with Crippen molar-refractivity contribution in [3.63, 3.8) is 0 Å². The minimum atomic E-state index is 0.0678. The maximum Gasteiger partial charge on any atom is 0.223 e. The van der Waals surface area contributed by atoms with Crippen LogP contribution in [0.5, 0.6) is 0 Å². The zero-order chi connectivity index (χ0) is 21.9. The van der Waals surface area contributed by atoms with Crippen LogP contribution in [-0.4, -0.2) is 47.0 Å². The number of fused-ring (bicyclic) bond motifs is 1. The third-order valence-electron chi connectivity index (χ3n) is 6.15. The summed E-state index contributed by atoms with van der Waals surface area (Å²) in [6.07, 6.45) is 2.13. The number of amides is 1. The van der Waals surface area contributed by atoms with E-state index in [1.54, 1.807) is 17.7 Å². The van der Waals surface area contributed by atoms with Gasteiger partial charge in [-0.1, -0.05) is 60.7 Å². The molecule has 162 valence electrons. The summed E-state index contributed by atoms with van der Waals surface area (Å²) < 4.78 is 0. The van der Waals surface area contributed by atoms with Gasteiger partial charge in [-0.15, -0.1) is 11.3 Å². The van der Waals surface area contributed by atoms with Crippen LogP contribution in [-0.2, 0) is 4.79 Å². The average Bonchev–Trinajstić information content (AvgIpc) is 3.24. The van der Waals surface area contributed by atoms with Gasteiger partial charge in [-0.3, -0.25) is 4.79 Å². The molecule has 0 N–H and O–H groups in total. The molecule has 1 aliphatic heterocycles. The van der Waals surface area contributed by atoms with Crippen molar-refractivity contribution in [1.82, 2.24) is 14.9 Å². The van der Waals surface area contributed by atoms with Gasteiger partial charge in [0.1, 0.15) is 17.0 Å². The number of nitrogens with zero attached hydrogens (tertiary/aromatic N) is 4. The molecule has 2 aromatic heterocycles. The van der Waals surface area contributed by atoms with E-state index in [1.807, 2.05) is 41.3 Å². The first kappa shape index (κ1) is 20.6. The van der Waals surface area contributed by atoms with Crippen molar-refractivity contribution in [2.24, 2.45) is 0 Å². The number of carbonyl (C=O) groups is 1. The number of anilines is 1. The first-order valence-electron chi connectivity index (χ1n) is 11.0. The van der Waals surface area contributed by atoms with Crippen LogP contribution in [0, 0.1) is 6.92 Å². The third kappa shape index (κ3) is 4.23. The van der Waals surface area contributed by atoms with Gasteiger partial charge in [-0.25, -0.2) is 9.97 Å². The Morgan fingerprint density at radius 3 is 2.19 bits per heavy atom. The third-order valence-corrected chi connectivity index (χ3v) is 7.10. The molecule has 6 heteroatoms. The van der Waals surface area contributed by atoms with Crippen molar-refractivity contribution >= 4 is 33.3 Å². The fourth-order valence-electron chi connectivity index (χ4n) is 4.49. The smallest absolute Gasteiger partial charge is 0.223 e. The van der Waals surface area contributed by atoms with Crippen LogP contribution in [0.25, 0.3) is 10.2 Å². The minimum Gasteiger partial charge on any atom is -0.352 e. The number of hydrogen-bond donors (Lipinski definition) is 0. The molecular weight excluding hydrogens is 416 g/mol. The summed E-state index contributed by atoms with van der Waals surface area (Å²) in [5.74, 6) is 1.26. The van der Waals surface area contributed by atoms with Gasteiger partial charge in [-0.05, 0) is 24.1 Å². The Balaban J connectivity index is 1.29. The molecular formula is C26H26N4OS. The van der Waals surface area contributed by atoms with Gasteiger partial charge >= 0.3 is 0 Å². The Bertz CT molecular complexity index is 1160. The summed E-state index contributed by atoms with van der Waals surface area (Å²) in [5.41, 5.74) is 2.36. The SMILES string of the molecule is Cc1cc2c(N3CCN(C(=O)CC(c4ccccc4)c4ccccc4)CC3)ncnc2s1. The zero-order valence-corrected chi connectivity index (χ0v) is 19.0. The number of aryl methyl sites for hydroxylation is 1. The Kier molecular flexibility index (Phi) is 5.86. The lowest BCUT2D eigenvalue weighted by atomic mass is 9.88. The number of piperazine rings is 1. The summed E-state index contributed by atoms with van der Waals surface area (Å²) in [5, 5.41) is 1.11. The highest BCUT2D eigenvalue weighted by Crippen LogP contribution is 2.31. The summed E-state index contributed by atoms with van der Waals surface area (Å²) in [4.78, 5) is 28.8. The highest BCUT2D eigenvalue weighted by Gasteiger charge is 2.26. The number of hydrogen-bond acceptors (Lipinski definition) is 5. The monoisotopic (exact) mass is 442 g/mol. The number of rotatable bonds is 5. The lowest BCUT2D eigenvalue weighted by molar-refractivity contribution is -0.131. The molecule has 0 bridgehead atoms. The van der Waals surface area contributed by atoms with Gasteiger partial charge in [0.25, 0.3) is 0 Å². The molecule has 4 aromatic rings. The van der Waals surface area contributed by atoms with E-state index >= 15 is 0 Å². The van der Waals surface area contributed by atoms with Crippen LogP contribution in [0.2, 0.25) is 0 Å².